The second-order valence-corrected chi connectivity index (χ2v) is 5.04. The summed E-state index contributed by atoms with van der Waals surface area (Å²) < 4.78 is 10.6. The van der Waals surface area contributed by atoms with Crippen molar-refractivity contribution < 1.29 is 14.3 Å². The molecule has 2 atom stereocenters. The third-order valence-electron chi connectivity index (χ3n) is 3.16. The lowest BCUT2D eigenvalue weighted by Gasteiger charge is -2.16. The van der Waals surface area contributed by atoms with Crippen LogP contribution in [0.15, 0.2) is 12.3 Å². The topological polar surface area (TPSA) is 51.7 Å². The molecule has 0 N–H and O–H groups in total. The fourth-order valence-electron chi connectivity index (χ4n) is 2.11. The summed E-state index contributed by atoms with van der Waals surface area (Å²) in [7, 11) is 3.20. The molecule has 1 aromatic rings. The Morgan fingerprint density at radius 1 is 1.32 bits per heavy atom. The van der Waals surface area contributed by atoms with Crippen molar-refractivity contribution in [3.8, 4) is 0 Å². The summed E-state index contributed by atoms with van der Waals surface area (Å²) in [6.07, 6.45) is 1.10. The lowest BCUT2D eigenvalue weighted by Crippen LogP contribution is -2.30. The molecule has 0 aliphatic carbocycles. The lowest BCUT2D eigenvalue weighted by atomic mass is 10.2. The first-order valence-corrected chi connectivity index (χ1v) is 6.48. The van der Waals surface area contributed by atoms with Crippen molar-refractivity contribution in [1.29, 1.82) is 0 Å². The van der Waals surface area contributed by atoms with Crippen molar-refractivity contribution in [1.82, 2.24) is 9.88 Å². The quantitative estimate of drug-likeness (QED) is 0.800. The van der Waals surface area contributed by atoms with Crippen molar-refractivity contribution in [2.24, 2.45) is 0 Å². The highest BCUT2D eigenvalue weighted by Crippen LogP contribution is 2.23. The van der Waals surface area contributed by atoms with E-state index >= 15 is 0 Å². The Balaban J connectivity index is 2.19. The Kier molecular flexibility index (Phi) is 4.62. The van der Waals surface area contributed by atoms with E-state index < -0.39 is 0 Å². The molecule has 0 bridgehead atoms. The first-order chi connectivity index (χ1) is 9.06. The molecular formula is C12H14Cl2N2O3. The van der Waals surface area contributed by atoms with Crippen molar-refractivity contribution in [3.63, 3.8) is 0 Å². The second-order valence-electron chi connectivity index (χ2n) is 4.25. The number of aromatic nitrogens is 1. The van der Waals surface area contributed by atoms with Crippen LogP contribution in [0.3, 0.4) is 0 Å². The van der Waals surface area contributed by atoms with E-state index in [0.29, 0.717) is 18.7 Å². The zero-order valence-electron chi connectivity index (χ0n) is 10.6. The third kappa shape index (κ3) is 3.00. The van der Waals surface area contributed by atoms with Crippen molar-refractivity contribution in [2.75, 3.05) is 27.3 Å². The minimum absolute atomic E-state index is 0.134. The number of likely N-dealkylation sites (tertiary alicyclic amines) is 1. The van der Waals surface area contributed by atoms with Gasteiger partial charge in [-0.25, -0.2) is 4.98 Å². The molecule has 2 unspecified atom stereocenters. The molecule has 104 valence electrons. The van der Waals surface area contributed by atoms with Crippen LogP contribution >= 0.6 is 23.2 Å². The van der Waals surface area contributed by atoms with Crippen LogP contribution in [0.25, 0.3) is 0 Å². The van der Waals surface area contributed by atoms with Gasteiger partial charge in [-0.1, -0.05) is 23.2 Å². The first-order valence-electron chi connectivity index (χ1n) is 5.72. The van der Waals surface area contributed by atoms with Crippen LogP contribution in [0.5, 0.6) is 0 Å². The highest BCUT2D eigenvalue weighted by Gasteiger charge is 2.36. The second kappa shape index (κ2) is 6.05. The standard InChI is InChI=1S/C12H14Cl2N2O3/c1-18-9-5-16(6-10(9)19-2)12(17)7-3-11(14)15-4-8(7)13/h3-4,9-10H,5-6H2,1-2H3. The van der Waals surface area contributed by atoms with Gasteiger partial charge in [0.05, 0.1) is 10.6 Å². The molecule has 0 radical (unpaired) electrons. The van der Waals surface area contributed by atoms with E-state index in [9.17, 15) is 4.79 Å². The van der Waals surface area contributed by atoms with Gasteiger partial charge in [0.25, 0.3) is 5.91 Å². The van der Waals surface area contributed by atoms with Crippen LogP contribution < -0.4 is 0 Å². The molecule has 1 saturated heterocycles. The Hall–Kier alpha value is -0.880. The molecule has 1 aromatic heterocycles. The van der Waals surface area contributed by atoms with Gasteiger partial charge < -0.3 is 14.4 Å². The fraction of sp³-hybridized carbons (Fsp3) is 0.500. The van der Waals surface area contributed by atoms with Crippen molar-refractivity contribution in [2.45, 2.75) is 12.2 Å². The minimum Gasteiger partial charge on any atom is -0.377 e. The molecule has 0 saturated carbocycles. The van der Waals surface area contributed by atoms with E-state index in [0.717, 1.165) is 0 Å². The maximum Gasteiger partial charge on any atom is 0.255 e. The molecular weight excluding hydrogens is 291 g/mol. The Morgan fingerprint density at radius 2 is 1.89 bits per heavy atom. The van der Waals surface area contributed by atoms with Crippen LogP contribution in [-0.2, 0) is 9.47 Å². The maximum atomic E-state index is 12.4. The van der Waals surface area contributed by atoms with Crippen LogP contribution in [0.4, 0.5) is 0 Å². The Labute approximate surface area is 121 Å². The lowest BCUT2D eigenvalue weighted by molar-refractivity contribution is -0.00461. The highest BCUT2D eigenvalue weighted by atomic mass is 35.5. The van der Waals surface area contributed by atoms with Crippen LogP contribution in [0, 0.1) is 0 Å². The normalized spacial score (nSPS) is 22.8. The molecule has 1 fully saturated rings. The first kappa shape index (κ1) is 14.5. The van der Waals surface area contributed by atoms with Gasteiger partial charge in [0.1, 0.15) is 17.4 Å². The Bertz CT molecular complexity index is 472. The molecule has 2 rings (SSSR count). The molecule has 7 heteroatoms. The minimum atomic E-state index is -0.198. The van der Waals surface area contributed by atoms with Gasteiger partial charge in [-0.15, -0.1) is 0 Å². The predicted molar refractivity (Wildman–Crippen MR) is 71.8 cm³/mol. The van der Waals surface area contributed by atoms with Gasteiger partial charge in [-0.3, -0.25) is 4.79 Å². The maximum absolute atomic E-state index is 12.4. The van der Waals surface area contributed by atoms with Gasteiger partial charge in [0, 0.05) is 33.5 Å². The Morgan fingerprint density at radius 3 is 2.42 bits per heavy atom. The number of hydrogen-bond acceptors (Lipinski definition) is 4. The van der Waals surface area contributed by atoms with Gasteiger partial charge in [-0.05, 0) is 6.07 Å². The van der Waals surface area contributed by atoms with E-state index in [4.69, 9.17) is 32.7 Å². The number of methoxy groups -OCH3 is 2. The van der Waals surface area contributed by atoms with Gasteiger partial charge in [0.15, 0.2) is 0 Å². The number of amides is 1. The number of nitrogens with zero attached hydrogens (tertiary/aromatic N) is 2. The summed E-state index contributed by atoms with van der Waals surface area (Å²) in [6, 6.07) is 1.47. The van der Waals surface area contributed by atoms with Gasteiger partial charge >= 0.3 is 0 Å². The van der Waals surface area contributed by atoms with E-state index in [1.54, 1.807) is 19.1 Å². The molecule has 2 heterocycles. The van der Waals surface area contributed by atoms with Gasteiger partial charge in [-0.2, -0.15) is 0 Å². The predicted octanol–water partition coefficient (Wildman–Crippen LogP) is 1.87. The zero-order valence-corrected chi connectivity index (χ0v) is 12.1. The monoisotopic (exact) mass is 304 g/mol. The summed E-state index contributed by atoms with van der Waals surface area (Å²) in [5.74, 6) is -0.198. The average molecular weight is 305 g/mol. The number of ether oxygens (including phenoxy) is 2. The zero-order chi connectivity index (χ0) is 14.0. The summed E-state index contributed by atoms with van der Waals surface area (Å²) >= 11 is 11.8. The van der Waals surface area contributed by atoms with Crippen LogP contribution in [-0.4, -0.2) is 55.3 Å². The van der Waals surface area contributed by atoms with Crippen LogP contribution in [0.2, 0.25) is 10.2 Å². The average Bonchev–Trinajstić information content (AvgIpc) is 2.84. The highest BCUT2D eigenvalue weighted by molar-refractivity contribution is 6.35. The number of pyridine rings is 1. The molecule has 0 spiro atoms. The number of carbonyl (C=O) groups is 1. The molecule has 1 aliphatic rings. The summed E-state index contributed by atoms with van der Waals surface area (Å²) in [5.41, 5.74) is 0.341. The number of halogens is 2. The van der Waals surface area contributed by atoms with Crippen molar-refractivity contribution in [3.05, 3.63) is 28.0 Å². The van der Waals surface area contributed by atoms with Crippen molar-refractivity contribution >= 4 is 29.1 Å². The summed E-state index contributed by atoms with van der Waals surface area (Å²) in [4.78, 5) is 17.8. The van der Waals surface area contributed by atoms with E-state index in [2.05, 4.69) is 4.98 Å². The molecule has 0 aromatic carbocycles. The van der Waals surface area contributed by atoms with E-state index in [-0.39, 0.29) is 28.3 Å². The molecule has 1 amide bonds. The third-order valence-corrected chi connectivity index (χ3v) is 3.67. The summed E-state index contributed by atoms with van der Waals surface area (Å²) in [5, 5.41) is 0.516. The smallest absolute Gasteiger partial charge is 0.255 e. The molecule has 1 aliphatic heterocycles. The number of hydrogen-bond donors (Lipinski definition) is 0. The largest absolute Gasteiger partial charge is 0.377 e. The molecule has 19 heavy (non-hydrogen) atoms. The molecule has 5 nitrogen and oxygen atoms in total. The van der Waals surface area contributed by atoms with E-state index in [1.165, 1.54) is 12.3 Å². The number of rotatable bonds is 3. The van der Waals surface area contributed by atoms with Gasteiger partial charge in [0.2, 0.25) is 0 Å². The van der Waals surface area contributed by atoms with E-state index in [1.807, 2.05) is 0 Å². The fourth-order valence-corrected chi connectivity index (χ4v) is 2.45. The SMILES string of the molecule is COC1CN(C(=O)c2cc(Cl)ncc2Cl)CC1OC. The summed E-state index contributed by atoms with van der Waals surface area (Å²) in [6.45, 7) is 0.925. The van der Waals surface area contributed by atoms with Crippen LogP contribution in [0.1, 0.15) is 10.4 Å². The number of carbonyl (C=O) groups excluding carboxylic acids is 1.